The molecule has 2 heterocycles. The van der Waals surface area contributed by atoms with Gasteiger partial charge in [0.25, 0.3) is 0 Å². The minimum Gasteiger partial charge on any atom is -0.249 e. The number of hydrogen-bond donors (Lipinski definition) is 0. The van der Waals surface area contributed by atoms with E-state index in [-0.39, 0.29) is 0 Å². The van der Waals surface area contributed by atoms with Crippen LogP contribution in [0.2, 0.25) is 0 Å². The van der Waals surface area contributed by atoms with E-state index in [1.54, 1.807) is 29.7 Å². The van der Waals surface area contributed by atoms with Gasteiger partial charge in [-0.1, -0.05) is 23.5 Å². The third-order valence-corrected chi connectivity index (χ3v) is 3.51. The van der Waals surface area contributed by atoms with Crippen LogP contribution in [0.25, 0.3) is 0 Å². The van der Waals surface area contributed by atoms with E-state index in [9.17, 15) is 0 Å². The predicted octanol–water partition coefficient (Wildman–Crippen LogP) is 2.29. The van der Waals surface area contributed by atoms with E-state index < -0.39 is 0 Å². The van der Waals surface area contributed by atoms with Crippen molar-refractivity contribution < 1.29 is 0 Å². The molecule has 1 aromatic rings. The lowest BCUT2D eigenvalue weighted by Gasteiger charge is -2.06. The smallest absolute Gasteiger partial charge is 0.150 e. The summed E-state index contributed by atoms with van der Waals surface area (Å²) >= 11 is 3.57. The van der Waals surface area contributed by atoms with Crippen molar-refractivity contribution in [3.05, 3.63) is 29.3 Å². The summed E-state index contributed by atoms with van der Waals surface area (Å²) in [5.74, 6) is 0. The van der Waals surface area contributed by atoms with Gasteiger partial charge in [-0.25, -0.2) is 4.68 Å². The van der Waals surface area contributed by atoms with Crippen LogP contribution < -0.4 is 0 Å². The Balaban J connectivity index is 2.14. The van der Waals surface area contributed by atoms with Crippen LogP contribution in [0.15, 0.2) is 29.3 Å². The van der Waals surface area contributed by atoms with Crippen molar-refractivity contribution >= 4 is 23.5 Å². The van der Waals surface area contributed by atoms with Gasteiger partial charge >= 0.3 is 0 Å². The van der Waals surface area contributed by atoms with Crippen LogP contribution in [0.4, 0.5) is 0 Å². The fourth-order valence-corrected chi connectivity index (χ4v) is 2.68. The van der Waals surface area contributed by atoms with Crippen LogP contribution in [0, 0.1) is 0 Å². The summed E-state index contributed by atoms with van der Waals surface area (Å²) in [4.78, 5) is 0. The molecule has 52 valence electrons. The number of hydrogen-bond acceptors (Lipinski definition) is 3. The van der Waals surface area contributed by atoms with Gasteiger partial charge in [-0.05, 0) is 16.9 Å². The molecule has 0 saturated heterocycles. The molecule has 0 fully saturated rings. The van der Waals surface area contributed by atoms with Gasteiger partial charge < -0.3 is 0 Å². The van der Waals surface area contributed by atoms with E-state index in [0.29, 0.717) is 4.71 Å². The second-order valence-electron chi connectivity index (χ2n) is 1.84. The average Bonchev–Trinajstić information content (AvgIpc) is 2.59. The molecule has 1 aliphatic heterocycles. The zero-order valence-corrected chi connectivity index (χ0v) is 6.81. The Morgan fingerprint density at radius 1 is 1.30 bits per heavy atom. The highest BCUT2D eigenvalue weighted by molar-refractivity contribution is 8.21. The number of aromatic nitrogens is 2. The van der Waals surface area contributed by atoms with Crippen LogP contribution in [0.1, 0.15) is 4.71 Å². The summed E-state index contributed by atoms with van der Waals surface area (Å²) in [6, 6.07) is 1.94. The largest absolute Gasteiger partial charge is 0.249 e. The Kier molecular flexibility index (Phi) is 1.73. The third kappa shape index (κ3) is 1.09. The van der Waals surface area contributed by atoms with E-state index in [0.717, 1.165) is 0 Å². The Hall–Kier alpha value is -0.350. The van der Waals surface area contributed by atoms with Crippen LogP contribution in [0.5, 0.6) is 0 Å². The van der Waals surface area contributed by atoms with Gasteiger partial charge in [0, 0.05) is 12.4 Å². The first-order valence-electron chi connectivity index (χ1n) is 2.92. The zero-order valence-electron chi connectivity index (χ0n) is 5.18. The molecule has 0 unspecified atom stereocenters. The monoisotopic (exact) mass is 170 g/mol. The quantitative estimate of drug-likeness (QED) is 0.644. The molecule has 0 aromatic carbocycles. The first-order chi connectivity index (χ1) is 4.97. The lowest BCUT2D eigenvalue weighted by atomic mass is 10.8. The van der Waals surface area contributed by atoms with Crippen molar-refractivity contribution in [1.82, 2.24) is 9.78 Å². The molecule has 1 aliphatic rings. The summed E-state index contributed by atoms with van der Waals surface area (Å²) < 4.78 is 2.38. The SMILES string of the molecule is C1=CSC(n2cccn2)S1. The second-order valence-corrected chi connectivity index (χ2v) is 4.12. The summed E-state index contributed by atoms with van der Waals surface area (Å²) in [5, 5.41) is 8.32. The normalized spacial score (nSPS) is 18.4. The van der Waals surface area contributed by atoms with Crippen LogP contribution in [0.3, 0.4) is 0 Å². The zero-order chi connectivity index (χ0) is 6.81. The summed E-state index contributed by atoms with van der Waals surface area (Å²) in [6.45, 7) is 0. The molecular formula is C6H6N2S2. The van der Waals surface area contributed by atoms with E-state index >= 15 is 0 Å². The van der Waals surface area contributed by atoms with Crippen molar-refractivity contribution in [2.45, 2.75) is 4.71 Å². The second kappa shape index (κ2) is 2.72. The number of thioether (sulfide) groups is 2. The molecule has 2 rings (SSSR count). The molecule has 0 saturated carbocycles. The Morgan fingerprint density at radius 2 is 2.10 bits per heavy atom. The molecule has 4 heteroatoms. The van der Waals surface area contributed by atoms with Crippen LogP contribution in [-0.2, 0) is 0 Å². The first-order valence-corrected chi connectivity index (χ1v) is 4.80. The van der Waals surface area contributed by atoms with Gasteiger partial charge in [-0.3, -0.25) is 0 Å². The first kappa shape index (κ1) is 6.37. The van der Waals surface area contributed by atoms with Crippen LogP contribution in [-0.4, -0.2) is 9.78 Å². The highest BCUT2D eigenvalue weighted by Crippen LogP contribution is 2.41. The van der Waals surface area contributed by atoms with E-state index in [2.05, 4.69) is 15.9 Å². The summed E-state index contributed by atoms with van der Waals surface area (Å²) in [7, 11) is 0. The maximum Gasteiger partial charge on any atom is 0.150 e. The number of rotatable bonds is 1. The fourth-order valence-electron chi connectivity index (χ4n) is 0.761. The molecule has 0 N–H and O–H groups in total. The van der Waals surface area contributed by atoms with Gasteiger partial charge in [0.1, 0.15) is 0 Å². The van der Waals surface area contributed by atoms with Gasteiger partial charge in [-0.2, -0.15) is 5.10 Å². The lowest BCUT2D eigenvalue weighted by molar-refractivity contribution is 0.741. The van der Waals surface area contributed by atoms with Gasteiger partial charge in [0.05, 0.1) is 0 Å². The lowest BCUT2D eigenvalue weighted by Crippen LogP contribution is -1.97. The maximum absolute atomic E-state index is 4.13. The summed E-state index contributed by atoms with van der Waals surface area (Å²) in [6.07, 6.45) is 3.79. The van der Waals surface area contributed by atoms with Crippen molar-refractivity contribution in [2.24, 2.45) is 0 Å². The molecular weight excluding hydrogens is 164 g/mol. The highest BCUT2D eigenvalue weighted by atomic mass is 32.2. The molecule has 0 spiro atoms. The minimum absolute atomic E-state index is 0.426. The molecule has 0 aliphatic carbocycles. The molecule has 0 amide bonds. The maximum atomic E-state index is 4.13. The standard InChI is InChI=1S/C6H6N2S2/c1-2-7-8(3-1)6-9-4-5-10-6/h1-6H. The topological polar surface area (TPSA) is 17.8 Å². The van der Waals surface area contributed by atoms with Crippen molar-refractivity contribution in [2.75, 3.05) is 0 Å². The number of nitrogens with zero attached hydrogens (tertiary/aromatic N) is 2. The average molecular weight is 170 g/mol. The van der Waals surface area contributed by atoms with E-state index in [1.807, 2.05) is 16.9 Å². The third-order valence-electron chi connectivity index (χ3n) is 1.19. The van der Waals surface area contributed by atoms with Crippen molar-refractivity contribution in [3.8, 4) is 0 Å². The molecule has 10 heavy (non-hydrogen) atoms. The van der Waals surface area contributed by atoms with E-state index in [4.69, 9.17) is 0 Å². The van der Waals surface area contributed by atoms with Crippen molar-refractivity contribution in [3.63, 3.8) is 0 Å². The van der Waals surface area contributed by atoms with Gasteiger partial charge in [0.15, 0.2) is 4.71 Å². The Labute approximate surface area is 67.7 Å². The van der Waals surface area contributed by atoms with Gasteiger partial charge in [-0.15, -0.1) is 0 Å². The molecule has 1 aromatic heterocycles. The van der Waals surface area contributed by atoms with Gasteiger partial charge in [0.2, 0.25) is 0 Å². The molecule has 0 atom stereocenters. The fraction of sp³-hybridized carbons (Fsp3) is 0.167. The molecule has 0 radical (unpaired) electrons. The highest BCUT2D eigenvalue weighted by Gasteiger charge is 2.12. The van der Waals surface area contributed by atoms with E-state index in [1.165, 1.54) is 0 Å². The predicted molar refractivity (Wildman–Crippen MR) is 45.6 cm³/mol. The van der Waals surface area contributed by atoms with Crippen LogP contribution >= 0.6 is 23.5 Å². The summed E-state index contributed by atoms with van der Waals surface area (Å²) in [5.41, 5.74) is 0. The Morgan fingerprint density at radius 3 is 2.70 bits per heavy atom. The Bertz CT molecular complexity index is 222. The van der Waals surface area contributed by atoms with Crippen molar-refractivity contribution in [1.29, 1.82) is 0 Å². The molecule has 0 bridgehead atoms. The minimum atomic E-state index is 0.426. The molecule has 2 nitrogen and oxygen atoms in total.